The second-order valence-electron chi connectivity index (χ2n) is 3.32. The fraction of sp³-hybridized carbons (Fsp3) is 0.300. The van der Waals surface area contributed by atoms with Crippen molar-refractivity contribution in [2.24, 2.45) is 5.73 Å². The van der Waals surface area contributed by atoms with E-state index in [9.17, 15) is 0 Å². The molecule has 1 fully saturated rings. The lowest BCUT2D eigenvalue weighted by Gasteiger charge is -1.99. The molecular formula is C10H10N2. The minimum absolute atomic E-state index is 0.253. The van der Waals surface area contributed by atoms with E-state index in [0.29, 0.717) is 0 Å². The lowest BCUT2D eigenvalue weighted by atomic mass is 10.1. The van der Waals surface area contributed by atoms with Gasteiger partial charge in [-0.05, 0) is 12.0 Å². The van der Waals surface area contributed by atoms with Crippen LogP contribution >= 0.6 is 0 Å². The van der Waals surface area contributed by atoms with Crippen molar-refractivity contribution < 1.29 is 0 Å². The van der Waals surface area contributed by atoms with Gasteiger partial charge in [-0.25, -0.2) is 0 Å². The zero-order valence-corrected chi connectivity index (χ0v) is 6.70. The van der Waals surface area contributed by atoms with Crippen LogP contribution in [0.3, 0.4) is 0 Å². The van der Waals surface area contributed by atoms with Gasteiger partial charge >= 0.3 is 0 Å². The van der Waals surface area contributed by atoms with Crippen LogP contribution in [0.1, 0.15) is 17.9 Å². The van der Waals surface area contributed by atoms with Crippen LogP contribution < -0.4 is 5.73 Å². The van der Waals surface area contributed by atoms with E-state index in [1.165, 1.54) is 5.56 Å². The zero-order valence-electron chi connectivity index (χ0n) is 6.70. The molecule has 2 N–H and O–H groups in total. The van der Waals surface area contributed by atoms with E-state index in [4.69, 9.17) is 11.0 Å². The van der Waals surface area contributed by atoms with Gasteiger partial charge in [0.1, 0.15) is 5.54 Å². The first-order valence-electron chi connectivity index (χ1n) is 4.01. The molecule has 1 aliphatic carbocycles. The topological polar surface area (TPSA) is 49.8 Å². The molecule has 0 bridgehead atoms. The second kappa shape index (κ2) is 2.33. The maximum absolute atomic E-state index is 8.72. The number of nitrogens with two attached hydrogens (primary N) is 1. The Kier molecular flexibility index (Phi) is 1.42. The molecular weight excluding hydrogens is 148 g/mol. The number of hydrogen-bond donors (Lipinski definition) is 1. The molecule has 0 spiro atoms. The summed E-state index contributed by atoms with van der Waals surface area (Å²) in [5, 5.41) is 8.72. The van der Waals surface area contributed by atoms with Crippen molar-refractivity contribution >= 4 is 0 Å². The molecule has 0 radical (unpaired) electrons. The lowest BCUT2D eigenvalue weighted by Crippen LogP contribution is -2.21. The lowest BCUT2D eigenvalue weighted by molar-refractivity contribution is 0.827. The van der Waals surface area contributed by atoms with Crippen LogP contribution in [0.15, 0.2) is 30.3 Å². The van der Waals surface area contributed by atoms with Gasteiger partial charge in [-0.15, -0.1) is 0 Å². The summed E-state index contributed by atoms with van der Waals surface area (Å²) in [7, 11) is 0. The molecule has 2 unspecified atom stereocenters. The van der Waals surface area contributed by atoms with Crippen LogP contribution in [-0.2, 0) is 0 Å². The molecule has 0 aromatic heterocycles. The van der Waals surface area contributed by atoms with Gasteiger partial charge in [-0.1, -0.05) is 30.3 Å². The van der Waals surface area contributed by atoms with Crippen LogP contribution in [0.2, 0.25) is 0 Å². The summed E-state index contributed by atoms with van der Waals surface area (Å²) in [6.07, 6.45) is 0.799. The number of rotatable bonds is 1. The van der Waals surface area contributed by atoms with E-state index < -0.39 is 5.54 Å². The Morgan fingerprint density at radius 3 is 2.58 bits per heavy atom. The summed E-state index contributed by atoms with van der Waals surface area (Å²) < 4.78 is 0. The molecule has 0 aliphatic heterocycles. The molecule has 12 heavy (non-hydrogen) atoms. The molecule has 0 amide bonds. The summed E-state index contributed by atoms with van der Waals surface area (Å²) in [6.45, 7) is 0. The third-order valence-electron chi connectivity index (χ3n) is 2.41. The second-order valence-corrected chi connectivity index (χ2v) is 3.32. The highest BCUT2D eigenvalue weighted by Crippen LogP contribution is 2.48. The highest BCUT2D eigenvalue weighted by molar-refractivity contribution is 5.38. The summed E-state index contributed by atoms with van der Waals surface area (Å²) in [6, 6.07) is 12.1. The third-order valence-corrected chi connectivity index (χ3v) is 2.41. The molecule has 2 atom stereocenters. The average molecular weight is 158 g/mol. The predicted octanol–water partition coefficient (Wildman–Crippen LogP) is 1.39. The Morgan fingerprint density at radius 1 is 1.42 bits per heavy atom. The molecule has 2 nitrogen and oxygen atoms in total. The van der Waals surface area contributed by atoms with Crippen molar-refractivity contribution in [3.63, 3.8) is 0 Å². The van der Waals surface area contributed by atoms with Gasteiger partial charge in [0, 0.05) is 5.92 Å². The zero-order chi connectivity index (χ0) is 8.60. The number of nitrogens with zero attached hydrogens (tertiary/aromatic N) is 1. The van der Waals surface area contributed by atoms with Crippen LogP contribution in [0.4, 0.5) is 0 Å². The smallest absolute Gasteiger partial charge is 0.111 e. The first kappa shape index (κ1) is 7.33. The normalized spacial score (nSPS) is 32.5. The molecule has 0 saturated heterocycles. The first-order valence-corrected chi connectivity index (χ1v) is 4.01. The van der Waals surface area contributed by atoms with E-state index in [1.54, 1.807) is 0 Å². The van der Waals surface area contributed by atoms with Crippen molar-refractivity contribution in [3.8, 4) is 6.07 Å². The van der Waals surface area contributed by atoms with E-state index in [1.807, 2.05) is 30.3 Å². The Morgan fingerprint density at radius 2 is 2.08 bits per heavy atom. The minimum atomic E-state index is -0.582. The van der Waals surface area contributed by atoms with E-state index in [-0.39, 0.29) is 5.92 Å². The van der Waals surface area contributed by atoms with Gasteiger partial charge in [-0.3, -0.25) is 0 Å². The SMILES string of the molecule is N#CC1(N)CC1c1ccccc1. The highest BCUT2D eigenvalue weighted by Gasteiger charge is 2.52. The highest BCUT2D eigenvalue weighted by atomic mass is 14.9. The van der Waals surface area contributed by atoms with Crippen molar-refractivity contribution in [2.75, 3.05) is 0 Å². The Hall–Kier alpha value is -1.33. The molecule has 2 heteroatoms. The third kappa shape index (κ3) is 0.992. The fourth-order valence-electron chi connectivity index (χ4n) is 1.50. The quantitative estimate of drug-likeness (QED) is 0.671. The molecule has 1 aliphatic rings. The summed E-state index contributed by atoms with van der Waals surface area (Å²) in [4.78, 5) is 0. The van der Waals surface area contributed by atoms with Crippen molar-refractivity contribution in [2.45, 2.75) is 17.9 Å². The maximum atomic E-state index is 8.72. The van der Waals surface area contributed by atoms with Gasteiger partial charge in [-0.2, -0.15) is 5.26 Å². The maximum Gasteiger partial charge on any atom is 0.111 e. The van der Waals surface area contributed by atoms with Crippen molar-refractivity contribution in [1.82, 2.24) is 0 Å². The summed E-state index contributed by atoms with van der Waals surface area (Å²) >= 11 is 0. The minimum Gasteiger partial charge on any atom is -0.313 e. The van der Waals surface area contributed by atoms with Gasteiger partial charge in [0.05, 0.1) is 6.07 Å². The predicted molar refractivity (Wildman–Crippen MR) is 46.3 cm³/mol. The largest absolute Gasteiger partial charge is 0.313 e. The van der Waals surface area contributed by atoms with E-state index >= 15 is 0 Å². The molecule has 0 heterocycles. The van der Waals surface area contributed by atoms with Crippen molar-refractivity contribution in [1.29, 1.82) is 5.26 Å². The molecule has 1 aromatic carbocycles. The molecule has 2 rings (SSSR count). The van der Waals surface area contributed by atoms with E-state index in [2.05, 4.69) is 6.07 Å². The van der Waals surface area contributed by atoms with Gasteiger partial charge in [0.25, 0.3) is 0 Å². The Labute approximate surface area is 71.6 Å². The Bertz CT molecular complexity index is 325. The molecule has 60 valence electrons. The van der Waals surface area contributed by atoms with Crippen molar-refractivity contribution in [3.05, 3.63) is 35.9 Å². The monoisotopic (exact) mass is 158 g/mol. The molecule has 1 aromatic rings. The van der Waals surface area contributed by atoms with E-state index in [0.717, 1.165) is 6.42 Å². The van der Waals surface area contributed by atoms with Crippen LogP contribution in [0.5, 0.6) is 0 Å². The number of benzene rings is 1. The number of nitriles is 1. The van der Waals surface area contributed by atoms with Gasteiger partial charge in [0.15, 0.2) is 0 Å². The Balaban J connectivity index is 2.23. The standard InChI is InChI=1S/C10H10N2/c11-7-10(12)6-9(10)8-4-2-1-3-5-8/h1-5,9H,6,12H2. The first-order chi connectivity index (χ1) is 5.76. The summed E-state index contributed by atoms with van der Waals surface area (Å²) in [5.41, 5.74) is 6.36. The summed E-state index contributed by atoms with van der Waals surface area (Å²) in [5.74, 6) is 0.253. The average Bonchev–Trinajstić information content (AvgIpc) is 2.81. The molecule has 1 saturated carbocycles. The van der Waals surface area contributed by atoms with Crippen LogP contribution in [-0.4, -0.2) is 5.54 Å². The van der Waals surface area contributed by atoms with Gasteiger partial charge in [0.2, 0.25) is 0 Å². The fourth-order valence-corrected chi connectivity index (χ4v) is 1.50. The number of hydrogen-bond acceptors (Lipinski definition) is 2. The van der Waals surface area contributed by atoms with Crippen LogP contribution in [0.25, 0.3) is 0 Å². The van der Waals surface area contributed by atoms with Gasteiger partial charge < -0.3 is 5.73 Å². The van der Waals surface area contributed by atoms with Crippen LogP contribution in [0, 0.1) is 11.3 Å².